The van der Waals surface area contributed by atoms with Gasteiger partial charge in [-0.3, -0.25) is 10.1 Å². The number of nitro groups is 1. The molecule has 2 atom stereocenters. The van der Waals surface area contributed by atoms with E-state index in [4.69, 9.17) is 0 Å². The van der Waals surface area contributed by atoms with Crippen LogP contribution >= 0.6 is 15.9 Å². The van der Waals surface area contributed by atoms with Crippen LogP contribution in [0.5, 0.6) is 0 Å². The van der Waals surface area contributed by atoms with Crippen molar-refractivity contribution in [2.24, 2.45) is 11.8 Å². The van der Waals surface area contributed by atoms with Crippen molar-refractivity contribution < 1.29 is 4.92 Å². The van der Waals surface area contributed by atoms with Gasteiger partial charge in [0.25, 0.3) is 5.69 Å². The van der Waals surface area contributed by atoms with Gasteiger partial charge >= 0.3 is 0 Å². The number of hydrogen-bond donors (Lipinski definition) is 1. The highest BCUT2D eigenvalue weighted by Gasteiger charge is 2.36. The first-order valence-corrected chi connectivity index (χ1v) is 6.84. The quantitative estimate of drug-likeness (QED) is 0.670. The minimum atomic E-state index is -0.364. The summed E-state index contributed by atoms with van der Waals surface area (Å²) in [6.07, 6.45) is 0. The summed E-state index contributed by atoms with van der Waals surface area (Å²) in [4.78, 5) is 12.7. The Kier molecular flexibility index (Phi) is 2.99. The van der Waals surface area contributed by atoms with Crippen LogP contribution in [0.3, 0.4) is 0 Å². The second-order valence-electron chi connectivity index (χ2n) is 4.98. The summed E-state index contributed by atoms with van der Waals surface area (Å²) in [6.45, 7) is 4.25. The van der Waals surface area contributed by atoms with Gasteiger partial charge < -0.3 is 10.2 Å². The van der Waals surface area contributed by atoms with Gasteiger partial charge in [-0.05, 0) is 33.8 Å². The number of nitrogens with zero attached hydrogens (tertiary/aromatic N) is 2. The molecule has 0 spiro atoms. The number of nitro benzene ring substituents is 1. The summed E-state index contributed by atoms with van der Waals surface area (Å²) in [5.41, 5.74) is 1.20. The van der Waals surface area contributed by atoms with Crippen LogP contribution < -0.4 is 10.2 Å². The Labute approximate surface area is 113 Å². The molecule has 2 unspecified atom stereocenters. The zero-order valence-electron chi connectivity index (χ0n) is 9.80. The summed E-state index contributed by atoms with van der Waals surface area (Å²) in [7, 11) is 0. The van der Waals surface area contributed by atoms with Crippen molar-refractivity contribution >= 4 is 27.3 Å². The summed E-state index contributed by atoms with van der Waals surface area (Å²) in [6, 6.07) is 5.00. The van der Waals surface area contributed by atoms with Gasteiger partial charge in [-0.25, -0.2) is 0 Å². The Hall–Kier alpha value is -1.14. The first-order valence-electron chi connectivity index (χ1n) is 6.05. The number of nitrogens with one attached hydrogen (secondary N) is 1. The van der Waals surface area contributed by atoms with Crippen LogP contribution in [0.15, 0.2) is 22.7 Å². The van der Waals surface area contributed by atoms with Gasteiger partial charge in [-0.15, -0.1) is 0 Å². The monoisotopic (exact) mass is 311 g/mol. The smallest absolute Gasteiger partial charge is 0.270 e. The van der Waals surface area contributed by atoms with Crippen molar-refractivity contribution in [3.8, 4) is 0 Å². The molecule has 1 aromatic carbocycles. The van der Waals surface area contributed by atoms with Crippen LogP contribution in [-0.2, 0) is 0 Å². The van der Waals surface area contributed by atoms with Crippen LogP contribution in [0.1, 0.15) is 0 Å². The molecule has 2 aliphatic heterocycles. The van der Waals surface area contributed by atoms with E-state index in [9.17, 15) is 10.1 Å². The third-order valence-electron chi connectivity index (χ3n) is 3.87. The lowest BCUT2D eigenvalue weighted by molar-refractivity contribution is -0.384. The molecule has 2 aliphatic rings. The van der Waals surface area contributed by atoms with Crippen molar-refractivity contribution in [3.05, 3.63) is 32.8 Å². The van der Waals surface area contributed by atoms with E-state index in [1.54, 1.807) is 12.1 Å². The first-order chi connectivity index (χ1) is 8.65. The Morgan fingerprint density at radius 1 is 1.33 bits per heavy atom. The molecule has 2 heterocycles. The Morgan fingerprint density at radius 2 is 2.00 bits per heavy atom. The van der Waals surface area contributed by atoms with Crippen molar-refractivity contribution in [2.45, 2.75) is 0 Å². The molecule has 5 nitrogen and oxygen atoms in total. The molecule has 96 valence electrons. The number of non-ortho nitro benzene ring substituents is 1. The molecule has 0 aliphatic carbocycles. The molecule has 1 N–H and O–H groups in total. The van der Waals surface area contributed by atoms with Crippen molar-refractivity contribution in [1.29, 1.82) is 0 Å². The molecule has 0 radical (unpaired) electrons. The van der Waals surface area contributed by atoms with Crippen LogP contribution in [0, 0.1) is 22.0 Å². The van der Waals surface area contributed by atoms with Crippen LogP contribution in [0.4, 0.5) is 11.4 Å². The molecule has 0 bridgehead atoms. The lowest BCUT2D eigenvalue weighted by Crippen LogP contribution is -2.25. The molecule has 0 amide bonds. The Balaban J connectivity index is 1.83. The summed E-state index contributed by atoms with van der Waals surface area (Å²) in [5, 5.41) is 14.1. The van der Waals surface area contributed by atoms with Gasteiger partial charge in [0.15, 0.2) is 0 Å². The molecular formula is C12H14BrN3O2. The number of rotatable bonds is 2. The fourth-order valence-electron chi connectivity index (χ4n) is 2.92. The number of anilines is 1. The maximum absolute atomic E-state index is 10.7. The maximum Gasteiger partial charge on any atom is 0.270 e. The minimum absolute atomic E-state index is 0.131. The minimum Gasteiger partial charge on any atom is -0.370 e. The Morgan fingerprint density at radius 3 is 2.56 bits per heavy atom. The lowest BCUT2D eigenvalue weighted by Gasteiger charge is -2.21. The molecular weight excluding hydrogens is 298 g/mol. The van der Waals surface area contributed by atoms with Crippen molar-refractivity contribution in [3.63, 3.8) is 0 Å². The number of halogens is 1. The van der Waals surface area contributed by atoms with Gasteiger partial charge in [-0.2, -0.15) is 0 Å². The predicted octanol–water partition coefficient (Wildman–Crippen LogP) is 2.01. The predicted molar refractivity (Wildman–Crippen MR) is 72.9 cm³/mol. The molecule has 18 heavy (non-hydrogen) atoms. The summed E-state index contributed by atoms with van der Waals surface area (Å²) < 4.78 is 0.810. The van der Waals surface area contributed by atoms with Crippen LogP contribution in [0.25, 0.3) is 0 Å². The number of benzene rings is 1. The highest BCUT2D eigenvalue weighted by Crippen LogP contribution is 2.36. The molecule has 3 rings (SSSR count). The van der Waals surface area contributed by atoms with Gasteiger partial charge in [-0.1, -0.05) is 0 Å². The number of hydrogen-bond acceptors (Lipinski definition) is 4. The zero-order chi connectivity index (χ0) is 12.7. The first kappa shape index (κ1) is 11.9. The van der Waals surface area contributed by atoms with Gasteiger partial charge in [0.05, 0.1) is 10.6 Å². The molecule has 0 saturated carbocycles. The van der Waals surface area contributed by atoms with Crippen LogP contribution in [-0.4, -0.2) is 31.1 Å². The highest BCUT2D eigenvalue weighted by atomic mass is 79.9. The molecule has 1 aromatic rings. The average molecular weight is 312 g/mol. The van der Waals surface area contributed by atoms with Crippen molar-refractivity contribution in [2.75, 3.05) is 31.1 Å². The number of fused-ring (bicyclic) bond motifs is 1. The fourth-order valence-corrected chi connectivity index (χ4v) is 3.54. The average Bonchev–Trinajstić information content (AvgIpc) is 2.88. The molecule has 2 fully saturated rings. The van der Waals surface area contributed by atoms with Crippen molar-refractivity contribution in [1.82, 2.24) is 5.32 Å². The second kappa shape index (κ2) is 4.51. The van der Waals surface area contributed by atoms with Gasteiger partial charge in [0.2, 0.25) is 0 Å². The van der Waals surface area contributed by atoms with E-state index in [-0.39, 0.29) is 10.6 Å². The lowest BCUT2D eigenvalue weighted by atomic mass is 10.0. The van der Waals surface area contributed by atoms with E-state index in [2.05, 4.69) is 26.1 Å². The van der Waals surface area contributed by atoms with E-state index in [1.807, 2.05) is 6.07 Å². The zero-order valence-corrected chi connectivity index (χ0v) is 11.4. The topological polar surface area (TPSA) is 58.4 Å². The van der Waals surface area contributed by atoms with E-state index in [0.717, 1.165) is 36.3 Å². The Bertz CT molecular complexity index is 482. The molecule has 0 aromatic heterocycles. The normalized spacial score (nSPS) is 26.4. The third-order valence-corrected chi connectivity index (χ3v) is 4.51. The van der Waals surface area contributed by atoms with E-state index < -0.39 is 0 Å². The fraction of sp³-hybridized carbons (Fsp3) is 0.500. The van der Waals surface area contributed by atoms with E-state index in [0.29, 0.717) is 11.8 Å². The molecule has 6 heteroatoms. The maximum atomic E-state index is 10.7. The largest absolute Gasteiger partial charge is 0.370 e. The van der Waals surface area contributed by atoms with Gasteiger partial charge in [0.1, 0.15) is 0 Å². The standard InChI is InChI=1S/C12H14BrN3O2/c13-11-3-10(16(17)18)1-2-12(11)15-6-8-4-14-5-9(8)7-15/h1-3,8-9,14H,4-7H2. The summed E-state index contributed by atoms with van der Waals surface area (Å²) >= 11 is 3.44. The third kappa shape index (κ3) is 1.99. The molecule has 2 saturated heterocycles. The highest BCUT2D eigenvalue weighted by molar-refractivity contribution is 9.10. The second-order valence-corrected chi connectivity index (χ2v) is 5.83. The van der Waals surface area contributed by atoms with E-state index >= 15 is 0 Å². The summed E-state index contributed by atoms with van der Waals surface area (Å²) in [5.74, 6) is 1.43. The van der Waals surface area contributed by atoms with Crippen LogP contribution in [0.2, 0.25) is 0 Å². The van der Waals surface area contributed by atoms with Gasteiger partial charge in [0, 0.05) is 42.8 Å². The SMILES string of the molecule is O=[N+]([O-])c1ccc(N2CC3CNCC3C2)c(Br)c1. The van der Waals surface area contributed by atoms with E-state index in [1.165, 1.54) is 0 Å².